The molecule has 0 atom stereocenters. The average Bonchev–Trinajstić information content (AvgIpc) is 3.78. The van der Waals surface area contributed by atoms with E-state index in [1.165, 1.54) is 76.7 Å². The van der Waals surface area contributed by atoms with Crippen molar-refractivity contribution in [3.8, 4) is 39.1 Å². The van der Waals surface area contributed by atoms with Crippen LogP contribution >= 0.6 is 0 Å². The Morgan fingerprint density at radius 2 is 0.846 bits per heavy atom. The first-order chi connectivity index (χ1) is 25.8. The van der Waals surface area contributed by atoms with E-state index in [1.54, 1.807) is 0 Å². The topological polar surface area (TPSA) is 22.2 Å². The molecule has 242 valence electrons. The molecule has 0 unspecified atom stereocenters. The van der Waals surface area contributed by atoms with Crippen LogP contribution in [0.15, 0.2) is 188 Å². The molecule has 0 saturated carbocycles. The Bertz CT molecular complexity index is 3100. The lowest BCUT2D eigenvalue weighted by Gasteiger charge is -2.12. The van der Waals surface area contributed by atoms with E-state index >= 15 is 0 Å². The molecule has 0 aliphatic carbocycles. The third-order valence-electron chi connectivity index (χ3n) is 10.7. The summed E-state index contributed by atoms with van der Waals surface area (Å²) in [6.45, 7) is 0. The number of benzene rings is 8. The molecular weight excluding hydrogens is 631 g/mol. The van der Waals surface area contributed by atoms with Gasteiger partial charge in [0.25, 0.3) is 0 Å². The van der Waals surface area contributed by atoms with Crippen LogP contribution in [0.25, 0.3) is 99.1 Å². The molecule has 52 heavy (non-hydrogen) atoms. The van der Waals surface area contributed by atoms with E-state index in [2.05, 4.69) is 197 Å². The largest absolute Gasteiger partial charge is 0.309 e. The predicted octanol–water partition coefficient (Wildman–Crippen LogP) is 12.9. The second-order valence-corrected chi connectivity index (χ2v) is 13.6. The lowest BCUT2D eigenvalue weighted by atomic mass is 9.93. The molecule has 11 aromatic rings. The van der Waals surface area contributed by atoms with Gasteiger partial charge in [-0.3, -0.25) is 4.40 Å². The van der Waals surface area contributed by atoms with Crippen LogP contribution < -0.4 is 0 Å². The first-order valence-electron chi connectivity index (χ1n) is 17.8. The second-order valence-electron chi connectivity index (χ2n) is 13.6. The Labute approximate surface area is 300 Å². The summed E-state index contributed by atoms with van der Waals surface area (Å²) in [5, 5.41) is 7.37. The number of hydrogen-bond donors (Lipinski definition) is 0. The van der Waals surface area contributed by atoms with Crippen molar-refractivity contribution in [3.63, 3.8) is 0 Å². The number of rotatable bonds is 4. The summed E-state index contributed by atoms with van der Waals surface area (Å²) in [6.07, 6.45) is 2.12. The van der Waals surface area contributed by atoms with Gasteiger partial charge in [0.1, 0.15) is 5.65 Å². The van der Waals surface area contributed by atoms with Crippen LogP contribution in [0.2, 0.25) is 0 Å². The molecule has 0 bridgehead atoms. The highest BCUT2D eigenvalue weighted by Gasteiger charge is 2.16. The summed E-state index contributed by atoms with van der Waals surface area (Å²) in [5.74, 6) is 0. The summed E-state index contributed by atoms with van der Waals surface area (Å²) in [4.78, 5) is 5.12. The molecule has 0 spiro atoms. The number of hydrogen-bond acceptors (Lipinski definition) is 1. The van der Waals surface area contributed by atoms with Crippen molar-refractivity contribution >= 4 is 60.0 Å². The van der Waals surface area contributed by atoms with E-state index in [9.17, 15) is 0 Å². The Morgan fingerprint density at radius 1 is 0.346 bits per heavy atom. The van der Waals surface area contributed by atoms with Gasteiger partial charge in [-0.25, -0.2) is 4.98 Å². The molecule has 3 heteroatoms. The van der Waals surface area contributed by atoms with Crippen molar-refractivity contribution in [1.29, 1.82) is 0 Å². The molecule has 0 amide bonds. The monoisotopic (exact) mass is 661 g/mol. The molecule has 3 nitrogen and oxygen atoms in total. The number of para-hydroxylation sites is 2. The summed E-state index contributed by atoms with van der Waals surface area (Å²) in [7, 11) is 0. The zero-order valence-corrected chi connectivity index (χ0v) is 28.2. The van der Waals surface area contributed by atoms with Crippen molar-refractivity contribution in [2.45, 2.75) is 0 Å². The number of fused-ring (bicyclic) bond motifs is 11. The van der Waals surface area contributed by atoms with Crippen LogP contribution in [0.4, 0.5) is 0 Å². The van der Waals surface area contributed by atoms with Crippen LogP contribution in [0.3, 0.4) is 0 Å². The highest BCUT2D eigenvalue weighted by molar-refractivity contribution is 6.25. The Kier molecular flexibility index (Phi) is 6.25. The van der Waals surface area contributed by atoms with E-state index in [-0.39, 0.29) is 0 Å². The predicted molar refractivity (Wildman–Crippen MR) is 218 cm³/mol. The van der Waals surface area contributed by atoms with E-state index in [0.717, 1.165) is 22.4 Å². The number of nitrogens with zero attached hydrogens (tertiary/aromatic N) is 3. The molecule has 0 N–H and O–H groups in total. The van der Waals surface area contributed by atoms with Crippen molar-refractivity contribution in [1.82, 2.24) is 14.0 Å². The van der Waals surface area contributed by atoms with Gasteiger partial charge in [-0.05, 0) is 92.7 Å². The highest BCUT2D eigenvalue weighted by atomic mass is 15.0. The zero-order valence-electron chi connectivity index (χ0n) is 28.2. The first kappa shape index (κ1) is 28.8. The summed E-state index contributed by atoms with van der Waals surface area (Å²) >= 11 is 0. The van der Waals surface area contributed by atoms with Gasteiger partial charge >= 0.3 is 0 Å². The maximum Gasteiger partial charge on any atom is 0.137 e. The second kappa shape index (κ2) is 11.3. The van der Waals surface area contributed by atoms with Crippen LogP contribution in [-0.2, 0) is 0 Å². The van der Waals surface area contributed by atoms with Crippen molar-refractivity contribution in [3.05, 3.63) is 188 Å². The molecular formula is C49H31N3. The molecule has 0 fully saturated rings. The Hall–Kier alpha value is -6.97. The molecule has 0 aliphatic heterocycles. The lowest BCUT2D eigenvalue weighted by Crippen LogP contribution is -1.93. The quantitative estimate of drug-likeness (QED) is 0.172. The van der Waals surface area contributed by atoms with Gasteiger partial charge in [0.2, 0.25) is 0 Å². The molecule has 3 aromatic heterocycles. The van der Waals surface area contributed by atoms with Gasteiger partial charge in [0.15, 0.2) is 0 Å². The zero-order chi connectivity index (χ0) is 34.2. The maximum absolute atomic E-state index is 5.12. The Morgan fingerprint density at radius 3 is 1.52 bits per heavy atom. The van der Waals surface area contributed by atoms with E-state index < -0.39 is 0 Å². The first-order valence-corrected chi connectivity index (χ1v) is 17.8. The van der Waals surface area contributed by atoms with Crippen molar-refractivity contribution in [2.75, 3.05) is 0 Å². The fourth-order valence-electron chi connectivity index (χ4n) is 8.24. The van der Waals surface area contributed by atoms with E-state index in [1.807, 2.05) is 0 Å². The van der Waals surface area contributed by atoms with Crippen molar-refractivity contribution in [2.24, 2.45) is 0 Å². The van der Waals surface area contributed by atoms with Crippen LogP contribution in [0.5, 0.6) is 0 Å². The fourth-order valence-corrected chi connectivity index (χ4v) is 8.24. The van der Waals surface area contributed by atoms with Crippen molar-refractivity contribution < 1.29 is 0 Å². The minimum absolute atomic E-state index is 0.959. The summed E-state index contributed by atoms with van der Waals surface area (Å²) in [5.41, 5.74) is 14.0. The third kappa shape index (κ3) is 4.36. The van der Waals surface area contributed by atoms with E-state index in [4.69, 9.17) is 4.98 Å². The lowest BCUT2D eigenvalue weighted by molar-refractivity contribution is 1.18. The average molecular weight is 662 g/mol. The van der Waals surface area contributed by atoms with Gasteiger partial charge in [-0.1, -0.05) is 133 Å². The molecule has 11 rings (SSSR count). The standard InChI is InChI=1S/C49H31N3/c1-2-10-32(11-3-1)36-23-27-41-43(30-36)44-31-37(24-28-42(44)49-48(41)50-47-16-8-9-29-51(47)49)35-19-17-33(18-20-35)34-21-25-38(26-22-34)52-45-14-6-4-12-39(45)40-13-5-7-15-46(40)52/h1-31H. The fraction of sp³-hybridized carbons (Fsp3) is 0. The minimum atomic E-state index is 0.959. The molecule has 3 heterocycles. The molecule has 0 aliphatic rings. The van der Waals surface area contributed by atoms with Gasteiger partial charge in [0, 0.05) is 33.4 Å². The van der Waals surface area contributed by atoms with Crippen LogP contribution in [0.1, 0.15) is 0 Å². The summed E-state index contributed by atoms with van der Waals surface area (Å²) < 4.78 is 4.59. The SMILES string of the molecule is c1ccc(-c2ccc3c(c2)c2cc(-c4ccc(-c5ccc(-n6c7ccccc7c7ccccc76)cc5)cc4)ccc2c2c3nc3ccccn32)cc1. The van der Waals surface area contributed by atoms with Gasteiger partial charge in [0.05, 0.1) is 22.1 Å². The molecule has 8 aromatic carbocycles. The molecule has 0 radical (unpaired) electrons. The highest BCUT2D eigenvalue weighted by Crippen LogP contribution is 2.40. The van der Waals surface area contributed by atoms with Gasteiger partial charge < -0.3 is 4.57 Å². The molecule has 0 saturated heterocycles. The smallest absolute Gasteiger partial charge is 0.137 e. The number of imidazole rings is 1. The Balaban J connectivity index is 1.01. The van der Waals surface area contributed by atoms with E-state index in [0.29, 0.717) is 0 Å². The third-order valence-corrected chi connectivity index (χ3v) is 10.7. The number of pyridine rings is 1. The maximum atomic E-state index is 5.12. The number of aromatic nitrogens is 3. The van der Waals surface area contributed by atoms with Gasteiger partial charge in [-0.2, -0.15) is 0 Å². The summed E-state index contributed by atoms with van der Waals surface area (Å²) in [6, 6.07) is 65.8. The minimum Gasteiger partial charge on any atom is -0.309 e. The van der Waals surface area contributed by atoms with Crippen LogP contribution in [0, 0.1) is 0 Å². The normalized spacial score (nSPS) is 11.8. The van der Waals surface area contributed by atoms with Crippen LogP contribution in [-0.4, -0.2) is 14.0 Å². The van der Waals surface area contributed by atoms with Gasteiger partial charge in [-0.15, -0.1) is 0 Å².